The number of amides is 1. The molecule has 0 aliphatic rings. The van der Waals surface area contributed by atoms with Gasteiger partial charge in [0.25, 0.3) is 5.91 Å². The second-order valence-electron chi connectivity index (χ2n) is 4.58. The van der Waals surface area contributed by atoms with Gasteiger partial charge in [0.2, 0.25) is 0 Å². The molecule has 0 radical (unpaired) electrons. The normalized spacial score (nSPS) is 10.5. The molecule has 3 aromatic rings. The maximum absolute atomic E-state index is 12.1. The van der Waals surface area contributed by atoms with Gasteiger partial charge < -0.3 is 10.4 Å². The summed E-state index contributed by atoms with van der Waals surface area (Å²) in [6.45, 7) is 0.252. The number of hydrogen-bond donors (Lipinski definition) is 2. The van der Waals surface area contributed by atoms with Gasteiger partial charge in [-0.15, -0.1) is 0 Å². The van der Waals surface area contributed by atoms with Crippen LogP contribution in [0.5, 0.6) is 5.75 Å². The van der Waals surface area contributed by atoms with Gasteiger partial charge in [0.05, 0.1) is 5.52 Å². The third-order valence-corrected chi connectivity index (χ3v) is 3.15. The fraction of sp³-hybridized carbons (Fsp3) is 0.0625. The van der Waals surface area contributed by atoms with Crippen LogP contribution >= 0.6 is 0 Å². The number of aromatic nitrogens is 2. The molecule has 0 bridgehead atoms. The summed E-state index contributed by atoms with van der Waals surface area (Å²) in [7, 11) is 0. The third kappa shape index (κ3) is 2.81. The fourth-order valence-corrected chi connectivity index (χ4v) is 2.02. The van der Waals surface area contributed by atoms with Crippen molar-refractivity contribution in [3.05, 3.63) is 66.1 Å². The van der Waals surface area contributed by atoms with E-state index >= 15 is 0 Å². The van der Waals surface area contributed by atoms with Crippen molar-refractivity contribution < 1.29 is 9.90 Å². The predicted molar refractivity (Wildman–Crippen MR) is 78.8 cm³/mol. The maximum atomic E-state index is 12.1. The number of aromatic hydroxyl groups is 1. The number of rotatable bonds is 3. The highest BCUT2D eigenvalue weighted by atomic mass is 16.3. The minimum Gasteiger partial charge on any atom is -0.508 e. The van der Waals surface area contributed by atoms with E-state index < -0.39 is 0 Å². The molecule has 104 valence electrons. The zero-order valence-electron chi connectivity index (χ0n) is 11.2. The zero-order valence-corrected chi connectivity index (χ0v) is 11.2. The summed E-state index contributed by atoms with van der Waals surface area (Å²) in [5.74, 6) is -0.118. The Balaban J connectivity index is 1.76. The van der Waals surface area contributed by atoms with Crippen LogP contribution < -0.4 is 5.32 Å². The van der Waals surface area contributed by atoms with E-state index in [0.29, 0.717) is 11.3 Å². The van der Waals surface area contributed by atoms with E-state index in [1.54, 1.807) is 42.7 Å². The van der Waals surface area contributed by atoms with Gasteiger partial charge in [0, 0.05) is 29.9 Å². The second kappa shape index (κ2) is 5.58. The number of fused-ring (bicyclic) bond motifs is 1. The van der Waals surface area contributed by atoms with E-state index in [1.807, 2.05) is 12.1 Å². The number of hydrogen-bond acceptors (Lipinski definition) is 4. The minimum atomic E-state index is -0.281. The molecule has 0 atom stereocenters. The molecule has 5 nitrogen and oxygen atoms in total. The summed E-state index contributed by atoms with van der Waals surface area (Å²) in [6.07, 6.45) is 3.34. The molecule has 0 spiro atoms. The van der Waals surface area contributed by atoms with Crippen molar-refractivity contribution in [1.29, 1.82) is 0 Å². The lowest BCUT2D eigenvalue weighted by Crippen LogP contribution is -2.23. The van der Waals surface area contributed by atoms with E-state index in [4.69, 9.17) is 0 Å². The highest BCUT2D eigenvalue weighted by Crippen LogP contribution is 2.15. The van der Waals surface area contributed by atoms with Crippen LogP contribution in [0.3, 0.4) is 0 Å². The molecule has 21 heavy (non-hydrogen) atoms. The summed E-state index contributed by atoms with van der Waals surface area (Å²) >= 11 is 0. The number of carbonyl (C=O) groups is 1. The molecule has 0 saturated heterocycles. The number of para-hydroxylation sites is 1. The van der Waals surface area contributed by atoms with Gasteiger partial charge in [-0.2, -0.15) is 0 Å². The van der Waals surface area contributed by atoms with Gasteiger partial charge in [-0.3, -0.25) is 9.78 Å². The number of benzene rings is 1. The number of nitrogens with one attached hydrogen (secondary N) is 1. The number of nitrogens with zero attached hydrogens (tertiary/aromatic N) is 2. The number of carbonyl (C=O) groups excluding carboxylic acids is 1. The Morgan fingerprint density at radius 1 is 1.14 bits per heavy atom. The molecule has 0 fully saturated rings. The Hall–Kier alpha value is -2.95. The summed E-state index contributed by atoms with van der Waals surface area (Å²) in [5.41, 5.74) is 1.72. The average Bonchev–Trinajstić information content (AvgIpc) is 2.53. The molecule has 0 unspecified atom stereocenters. The van der Waals surface area contributed by atoms with Gasteiger partial charge in [-0.1, -0.05) is 18.2 Å². The molecule has 3 rings (SSSR count). The van der Waals surface area contributed by atoms with Crippen LogP contribution in [0.15, 0.2) is 54.9 Å². The predicted octanol–water partition coefficient (Wildman–Crippen LogP) is 2.27. The monoisotopic (exact) mass is 279 g/mol. The maximum Gasteiger partial charge on any atom is 0.270 e. The first kappa shape index (κ1) is 13.1. The molecule has 0 saturated carbocycles. The lowest BCUT2D eigenvalue weighted by Gasteiger charge is -2.07. The van der Waals surface area contributed by atoms with Crippen LogP contribution in [0.2, 0.25) is 0 Å². The molecule has 2 N–H and O–H groups in total. The van der Waals surface area contributed by atoms with Crippen LogP contribution in [-0.2, 0) is 6.54 Å². The smallest absolute Gasteiger partial charge is 0.270 e. The van der Waals surface area contributed by atoms with Crippen LogP contribution in [0.1, 0.15) is 16.1 Å². The van der Waals surface area contributed by atoms with Gasteiger partial charge in [-0.25, -0.2) is 4.98 Å². The Morgan fingerprint density at radius 3 is 2.86 bits per heavy atom. The van der Waals surface area contributed by atoms with E-state index in [1.165, 1.54) is 0 Å². The molecular formula is C16H13N3O2. The van der Waals surface area contributed by atoms with E-state index in [9.17, 15) is 9.90 Å². The Labute approximate surface area is 121 Å². The van der Waals surface area contributed by atoms with Crippen molar-refractivity contribution in [2.24, 2.45) is 0 Å². The Morgan fingerprint density at radius 2 is 2.00 bits per heavy atom. The van der Waals surface area contributed by atoms with Crippen molar-refractivity contribution in [2.45, 2.75) is 6.54 Å². The van der Waals surface area contributed by atoms with Gasteiger partial charge >= 0.3 is 0 Å². The number of phenolic OH excluding ortho intramolecular Hbond substituents is 1. The van der Waals surface area contributed by atoms with Crippen LogP contribution in [0.25, 0.3) is 10.9 Å². The van der Waals surface area contributed by atoms with Crippen molar-refractivity contribution >= 4 is 16.8 Å². The summed E-state index contributed by atoms with van der Waals surface area (Å²) in [6, 6.07) is 12.1. The average molecular weight is 279 g/mol. The van der Waals surface area contributed by atoms with E-state index in [0.717, 1.165) is 10.9 Å². The fourth-order valence-electron chi connectivity index (χ4n) is 2.02. The van der Waals surface area contributed by atoms with Crippen molar-refractivity contribution in [3.63, 3.8) is 0 Å². The van der Waals surface area contributed by atoms with Crippen molar-refractivity contribution in [3.8, 4) is 5.75 Å². The Bertz CT molecular complexity index is 802. The Kier molecular flexibility index (Phi) is 3.47. The zero-order chi connectivity index (χ0) is 14.7. The number of phenols is 1. The van der Waals surface area contributed by atoms with Gasteiger partial charge in [-0.05, 0) is 24.3 Å². The molecule has 5 heteroatoms. The van der Waals surface area contributed by atoms with Crippen LogP contribution in [0, 0.1) is 0 Å². The standard InChI is InChI=1S/C16H13N3O2/c20-15-4-2-1-3-12(15)10-18-16(21)14-6-5-11-9-17-8-7-13(11)19-14/h1-9,20H,10H2,(H,18,21). The molecule has 2 aromatic heterocycles. The summed E-state index contributed by atoms with van der Waals surface area (Å²) in [5, 5.41) is 13.3. The summed E-state index contributed by atoms with van der Waals surface area (Å²) in [4.78, 5) is 20.4. The lowest BCUT2D eigenvalue weighted by atomic mass is 10.2. The summed E-state index contributed by atoms with van der Waals surface area (Å²) < 4.78 is 0. The lowest BCUT2D eigenvalue weighted by molar-refractivity contribution is 0.0946. The molecule has 0 aliphatic heterocycles. The first-order valence-electron chi connectivity index (χ1n) is 6.50. The van der Waals surface area contributed by atoms with E-state index in [2.05, 4.69) is 15.3 Å². The van der Waals surface area contributed by atoms with E-state index in [-0.39, 0.29) is 18.2 Å². The first-order chi connectivity index (χ1) is 10.2. The number of pyridine rings is 2. The first-order valence-corrected chi connectivity index (χ1v) is 6.50. The SMILES string of the molecule is O=C(NCc1ccccc1O)c1ccc2cnccc2n1. The largest absolute Gasteiger partial charge is 0.508 e. The van der Waals surface area contributed by atoms with Crippen LogP contribution in [-0.4, -0.2) is 21.0 Å². The van der Waals surface area contributed by atoms with Crippen molar-refractivity contribution in [1.82, 2.24) is 15.3 Å². The molecule has 1 aromatic carbocycles. The van der Waals surface area contributed by atoms with Gasteiger partial charge in [0.15, 0.2) is 0 Å². The van der Waals surface area contributed by atoms with Gasteiger partial charge in [0.1, 0.15) is 11.4 Å². The minimum absolute atomic E-state index is 0.162. The topological polar surface area (TPSA) is 75.1 Å². The quantitative estimate of drug-likeness (QED) is 0.771. The molecule has 1 amide bonds. The highest BCUT2D eigenvalue weighted by molar-refractivity contribution is 5.94. The third-order valence-electron chi connectivity index (χ3n) is 3.15. The molecule has 0 aliphatic carbocycles. The highest BCUT2D eigenvalue weighted by Gasteiger charge is 2.09. The molecular weight excluding hydrogens is 266 g/mol. The van der Waals surface area contributed by atoms with Crippen molar-refractivity contribution in [2.75, 3.05) is 0 Å². The molecule has 2 heterocycles. The van der Waals surface area contributed by atoms with Crippen LogP contribution in [0.4, 0.5) is 0 Å². The second-order valence-corrected chi connectivity index (χ2v) is 4.58.